The summed E-state index contributed by atoms with van der Waals surface area (Å²) in [6, 6.07) is 0. The number of H-pyrrole nitrogens is 1. The van der Waals surface area contributed by atoms with Crippen LogP contribution >= 0.6 is 0 Å². The lowest BCUT2D eigenvalue weighted by molar-refractivity contribution is -0.120. The number of unbranched alkanes of at least 4 members (excludes halogenated alkanes) is 9. The van der Waals surface area contributed by atoms with Crippen LogP contribution in [-0.4, -0.2) is 48.5 Å². The highest BCUT2D eigenvalue weighted by atomic mass is 16.6. The fourth-order valence-corrected chi connectivity index (χ4v) is 4.58. The second-order valence-corrected chi connectivity index (χ2v) is 8.73. The van der Waals surface area contributed by atoms with Crippen molar-refractivity contribution < 1.29 is 14.9 Å². The summed E-state index contributed by atoms with van der Waals surface area (Å²) >= 11 is 0. The van der Waals surface area contributed by atoms with E-state index in [4.69, 9.17) is 10.5 Å². The van der Waals surface area contributed by atoms with E-state index >= 15 is 0 Å². The fourth-order valence-electron chi connectivity index (χ4n) is 4.58. The summed E-state index contributed by atoms with van der Waals surface area (Å²) in [7, 11) is 0. The first kappa shape index (κ1) is 23.7. The Balaban J connectivity index is 1.63. The van der Waals surface area contributed by atoms with Gasteiger partial charge in [0, 0.05) is 6.42 Å². The van der Waals surface area contributed by atoms with Crippen molar-refractivity contribution in [2.75, 3.05) is 12.3 Å². The van der Waals surface area contributed by atoms with Gasteiger partial charge in [0.05, 0.1) is 19.0 Å². The minimum absolute atomic E-state index is 0.00518. The summed E-state index contributed by atoms with van der Waals surface area (Å²) in [5.74, 6) is 0.00518. The van der Waals surface area contributed by atoms with Gasteiger partial charge in [-0.15, -0.1) is 0 Å². The molecule has 31 heavy (non-hydrogen) atoms. The Hall–Kier alpha value is -1.97. The van der Waals surface area contributed by atoms with Crippen LogP contribution in [0.5, 0.6) is 0 Å². The van der Waals surface area contributed by atoms with Crippen molar-refractivity contribution in [3.8, 4) is 0 Å². The zero-order chi connectivity index (χ0) is 22.3. The van der Waals surface area contributed by atoms with Crippen molar-refractivity contribution in [1.29, 1.82) is 0 Å². The van der Waals surface area contributed by atoms with Crippen LogP contribution in [0, 0.1) is 0 Å². The molecule has 1 saturated heterocycles. The molecule has 0 aliphatic carbocycles. The van der Waals surface area contributed by atoms with E-state index in [2.05, 4.69) is 21.9 Å². The van der Waals surface area contributed by atoms with E-state index in [-0.39, 0.29) is 18.1 Å². The van der Waals surface area contributed by atoms with Crippen LogP contribution < -0.4 is 11.3 Å². The van der Waals surface area contributed by atoms with E-state index in [0.717, 1.165) is 19.3 Å². The Bertz CT molecular complexity index is 882. The molecule has 2 aromatic heterocycles. The van der Waals surface area contributed by atoms with Crippen molar-refractivity contribution >= 4 is 17.1 Å². The Morgan fingerprint density at radius 2 is 1.84 bits per heavy atom. The number of imidazole rings is 1. The van der Waals surface area contributed by atoms with Crippen LogP contribution in [0.15, 0.2) is 11.1 Å². The molecule has 3 atom stereocenters. The molecule has 3 heterocycles. The number of aliphatic hydroxyl groups is 2. The molecular formula is C22H37N5O4. The normalized spacial score (nSPS) is 23.7. The lowest BCUT2D eigenvalue weighted by Crippen LogP contribution is -2.34. The number of ether oxygens (including phenoxy) is 1. The Labute approximate surface area is 183 Å². The minimum Gasteiger partial charge on any atom is -0.394 e. The molecule has 1 aliphatic rings. The highest BCUT2D eigenvalue weighted by Crippen LogP contribution is 2.40. The SMILES string of the molecule is CCCCCCCCCCCC[C@]1(n2cnc3c(=O)[nH]c(N)nc32)C[C@H](O)[C@@H](CO)O1. The van der Waals surface area contributed by atoms with Crippen molar-refractivity contribution in [1.82, 2.24) is 19.5 Å². The molecule has 5 N–H and O–H groups in total. The molecule has 0 spiro atoms. The number of fused-ring (bicyclic) bond motifs is 1. The third kappa shape index (κ3) is 5.64. The van der Waals surface area contributed by atoms with E-state index in [9.17, 15) is 15.0 Å². The topological polar surface area (TPSA) is 139 Å². The first-order chi connectivity index (χ1) is 15.0. The van der Waals surface area contributed by atoms with Crippen LogP contribution in [0.2, 0.25) is 0 Å². The van der Waals surface area contributed by atoms with Gasteiger partial charge in [-0.3, -0.25) is 14.3 Å². The van der Waals surface area contributed by atoms with Gasteiger partial charge in [-0.2, -0.15) is 4.98 Å². The largest absolute Gasteiger partial charge is 0.394 e. The average molecular weight is 436 g/mol. The zero-order valence-electron chi connectivity index (χ0n) is 18.6. The molecule has 0 bridgehead atoms. The van der Waals surface area contributed by atoms with E-state index in [1.165, 1.54) is 51.3 Å². The van der Waals surface area contributed by atoms with Crippen LogP contribution in [0.1, 0.15) is 84.0 Å². The van der Waals surface area contributed by atoms with Gasteiger partial charge in [0.2, 0.25) is 5.95 Å². The molecule has 174 valence electrons. The van der Waals surface area contributed by atoms with Gasteiger partial charge >= 0.3 is 0 Å². The van der Waals surface area contributed by atoms with Gasteiger partial charge in [0.1, 0.15) is 6.10 Å². The van der Waals surface area contributed by atoms with Gasteiger partial charge < -0.3 is 20.7 Å². The summed E-state index contributed by atoms with van der Waals surface area (Å²) in [4.78, 5) is 23.1. The molecule has 0 unspecified atom stereocenters. The standard InChI is InChI=1S/C22H37N5O4/c1-2-3-4-5-6-7-8-9-10-11-12-22(13-16(29)17(14-28)31-22)27-15-24-18-19(27)25-21(23)26-20(18)30/h15-17,28-29H,2-14H2,1H3,(H3,23,25,26,30)/t16-,17+,22+/m0/s1. The van der Waals surface area contributed by atoms with Crippen LogP contribution in [0.3, 0.4) is 0 Å². The smallest absolute Gasteiger partial charge is 0.280 e. The third-order valence-corrected chi connectivity index (χ3v) is 6.29. The number of hydrogen-bond donors (Lipinski definition) is 4. The summed E-state index contributed by atoms with van der Waals surface area (Å²) in [6.07, 6.45) is 13.2. The number of nitrogen functional groups attached to an aromatic ring is 1. The average Bonchev–Trinajstić information content (AvgIpc) is 3.31. The summed E-state index contributed by atoms with van der Waals surface area (Å²) in [5, 5.41) is 20.0. The minimum atomic E-state index is -0.908. The van der Waals surface area contributed by atoms with E-state index in [0.29, 0.717) is 18.5 Å². The Morgan fingerprint density at radius 1 is 1.19 bits per heavy atom. The summed E-state index contributed by atoms with van der Waals surface area (Å²) in [5.41, 5.74) is 4.94. The highest BCUT2D eigenvalue weighted by molar-refractivity contribution is 5.70. The van der Waals surface area contributed by atoms with Gasteiger partial charge in [0.25, 0.3) is 5.56 Å². The van der Waals surface area contributed by atoms with Crippen LogP contribution in [-0.2, 0) is 10.5 Å². The number of rotatable bonds is 13. The molecule has 0 aromatic carbocycles. The number of aromatic nitrogens is 4. The number of nitrogens with zero attached hydrogens (tertiary/aromatic N) is 3. The van der Waals surface area contributed by atoms with E-state index < -0.39 is 23.5 Å². The lowest BCUT2D eigenvalue weighted by Gasteiger charge is -2.31. The number of nitrogens with two attached hydrogens (primary N) is 1. The zero-order valence-corrected chi connectivity index (χ0v) is 18.6. The second kappa shape index (κ2) is 11.1. The molecule has 9 heteroatoms. The Kier molecular flexibility index (Phi) is 8.45. The lowest BCUT2D eigenvalue weighted by atomic mass is 9.98. The molecule has 1 aliphatic heterocycles. The van der Waals surface area contributed by atoms with Crippen molar-refractivity contribution in [2.24, 2.45) is 0 Å². The highest BCUT2D eigenvalue weighted by Gasteiger charge is 2.47. The van der Waals surface area contributed by atoms with Gasteiger partial charge in [-0.25, -0.2) is 4.98 Å². The maximum absolute atomic E-state index is 12.2. The number of aliphatic hydroxyl groups excluding tert-OH is 2. The van der Waals surface area contributed by atoms with Gasteiger partial charge in [-0.1, -0.05) is 64.7 Å². The van der Waals surface area contributed by atoms with Crippen molar-refractivity contribution in [2.45, 2.75) is 102 Å². The monoisotopic (exact) mass is 435 g/mol. The molecule has 0 radical (unpaired) electrons. The first-order valence-electron chi connectivity index (χ1n) is 11.7. The second-order valence-electron chi connectivity index (χ2n) is 8.73. The Morgan fingerprint density at radius 3 is 2.45 bits per heavy atom. The van der Waals surface area contributed by atoms with Crippen LogP contribution in [0.4, 0.5) is 5.95 Å². The quantitative estimate of drug-likeness (QED) is 0.355. The first-order valence-corrected chi connectivity index (χ1v) is 11.7. The molecule has 0 saturated carbocycles. The van der Waals surface area contributed by atoms with Gasteiger partial charge in [-0.05, 0) is 12.8 Å². The summed E-state index contributed by atoms with van der Waals surface area (Å²) < 4.78 is 7.86. The molecule has 3 rings (SSSR count). The van der Waals surface area contributed by atoms with Crippen molar-refractivity contribution in [3.63, 3.8) is 0 Å². The number of hydrogen-bond acceptors (Lipinski definition) is 7. The number of aromatic amines is 1. The van der Waals surface area contributed by atoms with E-state index in [1.54, 1.807) is 4.57 Å². The van der Waals surface area contributed by atoms with Crippen LogP contribution in [0.25, 0.3) is 11.2 Å². The molecule has 2 aromatic rings. The molecule has 0 amide bonds. The molecular weight excluding hydrogens is 398 g/mol. The molecule has 1 fully saturated rings. The maximum Gasteiger partial charge on any atom is 0.280 e. The maximum atomic E-state index is 12.2. The summed E-state index contributed by atoms with van der Waals surface area (Å²) in [6.45, 7) is 1.96. The number of anilines is 1. The molecule has 9 nitrogen and oxygen atoms in total. The number of nitrogens with one attached hydrogen (secondary N) is 1. The van der Waals surface area contributed by atoms with Gasteiger partial charge in [0.15, 0.2) is 16.9 Å². The van der Waals surface area contributed by atoms with Crippen molar-refractivity contribution in [3.05, 3.63) is 16.7 Å². The predicted molar refractivity (Wildman–Crippen MR) is 120 cm³/mol. The fraction of sp³-hybridized carbons (Fsp3) is 0.773. The third-order valence-electron chi connectivity index (χ3n) is 6.29. The predicted octanol–water partition coefficient (Wildman–Crippen LogP) is 2.81. The van der Waals surface area contributed by atoms with E-state index in [1.807, 2.05) is 0 Å².